The van der Waals surface area contributed by atoms with E-state index in [1.54, 1.807) is 7.11 Å². The first-order chi connectivity index (χ1) is 28.1. The summed E-state index contributed by atoms with van der Waals surface area (Å²) in [7, 11) is 3.07. The Labute approximate surface area is 337 Å². The number of halogens is 2. The number of nitrogens with one attached hydrogen (secondary N) is 1. The van der Waals surface area contributed by atoms with Gasteiger partial charge in [-0.1, -0.05) is 35.9 Å². The molecule has 0 unspecified atom stereocenters. The van der Waals surface area contributed by atoms with Crippen LogP contribution in [0.2, 0.25) is 5.02 Å². The number of para-hydroxylation sites is 2. The molecule has 1 aliphatic heterocycles. The maximum Gasteiger partial charge on any atom is 0.367 e. The molecule has 1 amide bonds. The van der Waals surface area contributed by atoms with Crippen molar-refractivity contribution in [2.24, 2.45) is 0 Å². The van der Waals surface area contributed by atoms with Gasteiger partial charge in [-0.3, -0.25) is 4.79 Å². The van der Waals surface area contributed by atoms with Crippen LogP contribution in [0.25, 0.3) is 10.9 Å². The number of hydrogen-bond acceptors (Lipinski definition) is 14. The molecule has 58 heavy (non-hydrogen) atoms. The molecule has 3 N–H and O–H groups in total. The summed E-state index contributed by atoms with van der Waals surface area (Å²) in [5.41, 5.74) is 0.441. The fraction of sp³-hybridized carbons (Fsp3) is 0.244. The minimum absolute atomic E-state index is 0.0109. The third kappa shape index (κ3) is 9.78. The van der Waals surface area contributed by atoms with Crippen molar-refractivity contribution in [1.29, 1.82) is 0 Å². The molecule has 0 bridgehead atoms. The van der Waals surface area contributed by atoms with Gasteiger partial charge in [-0.25, -0.2) is 23.9 Å². The molecule has 2 heterocycles. The standard InChI is InChI=1S/C41H39ClFN5O10/c1-54-18-17-47-15-13-25(14-16-47)37(57-40(52)27-7-3-5-9-34(27)49)39(51)48(58-41(53)28-8-4-6-10-35(28)50)33-22-29-32(23-36(33)56-20-19-55-2)44-24-45-38(29)46-26-11-12-31(43)30(42)21-26/h3-12,21-24,49-50H,13-20H2,1-2H3,(H,44,45,46). The SMILES string of the molecule is COCCOc1cc2ncnc(Nc3ccc(F)c(Cl)c3)c2cc1N(OC(=O)c1ccccc1O)C(=O)C(OC(=O)c1ccccc1O)=C1CCN(CCOC)CC1. The maximum atomic E-state index is 15.1. The Morgan fingerprint density at radius 2 is 1.53 bits per heavy atom. The quantitative estimate of drug-likeness (QED) is 0.0360. The maximum absolute atomic E-state index is 15.1. The Kier molecular flexibility index (Phi) is 13.7. The number of phenols is 2. The average molecular weight is 816 g/mol. The topological polar surface area (TPSA) is 182 Å². The van der Waals surface area contributed by atoms with Gasteiger partial charge in [0.2, 0.25) is 0 Å². The normalized spacial score (nSPS) is 12.9. The number of rotatable bonds is 14. The smallest absolute Gasteiger partial charge is 0.367 e. The Morgan fingerprint density at radius 3 is 2.19 bits per heavy atom. The summed E-state index contributed by atoms with van der Waals surface area (Å²) in [6.07, 6.45) is 1.82. The highest BCUT2D eigenvalue weighted by Gasteiger charge is 2.35. The van der Waals surface area contributed by atoms with Gasteiger partial charge in [0, 0.05) is 51.0 Å². The summed E-state index contributed by atoms with van der Waals surface area (Å²) in [5.74, 6) is -5.02. The first kappa shape index (κ1) is 41.3. The summed E-state index contributed by atoms with van der Waals surface area (Å²) >= 11 is 6.05. The number of nitrogens with zero attached hydrogens (tertiary/aromatic N) is 4. The van der Waals surface area contributed by atoms with Crippen LogP contribution in [0.1, 0.15) is 33.6 Å². The summed E-state index contributed by atoms with van der Waals surface area (Å²) < 4.78 is 36.4. The largest absolute Gasteiger partial charge is 0.507 e. The van der Waals surface area contributed by atoms with Crippen LogP contribution in [0.15, 0.2) is 96.5 Å². The van der Waals surface area contributed by atoms with Gasteiger partial charge in [0.15, 0.2) is 5.76 Å². The van der Waals surface area contributed by atoms with Crippen molar-refractivity contribution in [3.63, 3.8) is 0 Å². The highest BCUT2D eigenvalue weighted by atomic mass is 35.5. The molecule has 0 radical (unpaired) electrons. The van der Waals surface area contributed by atoms with Crippen molar-refractivity contribution >= 4 is 57.5 Å². The number of piperidine rings is 1. The summed E-state index contributed by atoms with van der Waals surface area (Å²) in [6, 6.07) is 18.1. The number of methoxy groups -OCH3 is 2. The highest BCUT2D eigenvalue weighted by Crippen LogP contribution is 2.38. The second-order valence-electron chi connectivity index (χ2n) is 12.8. The van der Waals surface area contributed by atoms with Gasteiger partial charge in [0.05, 0.1) is 23.8 Å². The Morgan fingerprint density at radius 1 is 0.862 bits per heavy atom. The molecule has 1 aromatic heterocycles. The number of carbonyl (C=O) groups excluding carboxylic acids is 3. The molecule has 0 saturated carbocycles. The third-order valence-electron chi connectivity index (χ3n) is 9.05. The zero-order valence-corrected chi connectivity index (χ0v) is 32.2. The first-order valence-corrected chi connectivity index (χ1v) is 18.4. The van der Waals surface area contributed by atoms with E-state index in [0.29, 0.717) is 48.1 Å². The monoisotopic (exact) mass is 815 g/mol. The second-order valence-corrected chi connectivity index (χ2v) is 13.2. The van der Waals surface area contributed by atoms with E-state index in [2.05, 4.69) is 20.2 Å². The van der Waals surface area contributed by atoms with Gasteiger partial charge in [-0.15, -0.1) is 5.06 Å². The van der Waals surface area contributed by atoms with Gasteiger partial charge in [-0.2, -0.15) is 0 Å². The molecule has 0 atom stereocenters. The van der Waals surface area contributed by atoms with E-state index in [1.807, 2.05) is 0 Å². The number of fused-ring (bicyclic) bond motifs is 1. The zero-order chi connectivity index (χ0) is 41.2. The number of anilines is 3. The predicted octanol–water partition coefficient (Wildman–Crippen LogP) is 6.56. The van der Waals surface area contributed by atoms with Gasteiger partial charge < -0.3 is 44.2 Å². The molecule has 0 aliphatic carbocycles. The average Bonchev–Trinajstić information content (AvgIpc) is 3.22. The predicted molar refractivity (Wildman–Crippen MR) is 211 cm³/mol. The Bertz CT molecular complexity index is 2330. The number of benzene rings is 4. The summed E-state index contributed by atoms with van der Waals surface area (Å²) in [4.78, 5) is 59.5. The van der Waals surface area contributed by atoms with Crippen LogP contribution in [0.3, 0.4) is 0 Å². The van der Waals surface area contributed by atoms with Gasteiger partial charge in [0.25, 0.3) is 0 Å². The molecule has 302 valence electrons. The van der Waals surface area contributed by atoms with Crippen LogP contribution in [0, 0.1) is 5.82 Å². The number of aromatic hydroxyl groups is 2. The van der Waals surface area contributed by atoms with E-state index in [0.717, 1.165) is 0 Å². The fourth-order valence-corrected chi connectivity index (χ4v) is 6.20. The van der Waals surface area contributed by atoms with Crippen molar-refractivity contribution in [2.75, 3.05) is 64.1 Å². The van der Waals surface area contributed by atoms with Crippen molar-refractivity contribution in [1.82, 2.24) is 14.9 Å². The second kappa shape index (κ2) is 19.2. The molecule has 4 aromatic carbocycles. The number of carbonyl (C=O) groups is 3. The molecule has 1 aliphatic rings. The van der Waals surface area contributed by atoms with E-state index >= 15 is 4.79 Å². The van der Waals surface area contributed by atoms with Crippen LogP contribution < -0.4 is 15.1 Å². The Hall–Kier alpha value is -6.33. The number of hydrogen-bond donors (Lipinski definition) is 3. The van der Waals surface area contributed by atoms with Crippen LogP contribution in [0.5, 0.6) is 17.2 Å². The number of hydroxylamine groups is 1. The van der Waals surface area contributed by atoms with Crippen molar-refractivity contribution in [3.05, 3.63) is 118 Å². The molecular weight excluding hydrogens is 777 g/mol. The molecule has 0 spiro atoms. The number of aromatic nitrogens is 2. The lowest BCUT2D eigenvalue weighted by Crippen LogP contribution is -2.39. The van der Waals surface area contributed by atoms with E-state index in [9.17, 15) is 24.2 Å². The zero-order valence-electron chi connectivity index (χ0n) is 31.4. The van der Waals surface area contributed by atoms with Crippen molar-refractivity contribution in [2.45, 2.75) is 12.8 Å². The lowest BCUT2D eigenvalue weighted by molar-refractivity contribution is -0.123. The first-order valence-electron chi connectivity index (χ1n) is 18.0. The van der Waals surface area contributed by atoms with Crippen LogP contribution in [-0.2, 0) is 23.8 Å². The third-order valence-corrected chi connectivity index (χ3v) is 9.34. The van der Waals surface area contributed by atoms with Crippen LogP contribution in [-0.4, -0.2) is 96.6 Å². The molecule has 17 heteroatoms. The minimum atomic E-state index is -1.15. The summed E-state index contributed by atoms with van der Waals surface area (Å²) in [5, 5.41) is 25.0. The number of ether oxygens (including phenoxy) is 4. The van der Waals surface area contributed by atoms with Gasteiger partial charge in [-0.05, 0) is 66.9 Å². The van der Waals surface area contributed by atoms with Gasteiger partial charge >= 0.3 is 17.8 Å². The molecule has 15 nitrogen and oxygen atoms in total. The fourth-order valence-electron chi connectivity index (χ4n) is 6.02. The van der Waals surface area contributed by atoms with Gasteiger partial charge in [0.1, 0.15) is 58.6 Å². The molecule has 5 aromatic rings. The van der Waals surface area contributed by atoms with E-state index in [4.69, 9.17) is 35.4 Å². The lowest BCUT2D eigenvalue weighted by atomic mass is 10.0. The number of esters is 1. The lowest BCUT2D eigenvalue weighted by Gasteiger charge is -2.30. The van der Waals surface area contributed by atoms with E-state index < -0.39 is 35.2 Å². The van der Waals surface area contributed by atoms with Crippen LogP contribution >= 0.6 is 11.6 Å². The Balaban J connectivity index is 1.52. The molecule has 1 saturated heterocycles. The van der Waals surface area contributed by atoms with Crippen LogP contribution in [0.4, 0.5) is 21.6 Å². The number of likely N-dealkylation sites (tertiary alicyclic amines) is 1. The number of amides is 1. The van der Waals surface area contributed by atoms with E-state index in [-0.39, 0.29) is 70.6 Å². The van der Waals surface area contributed by atoms with E-state index in [1.165, 1.54) is 92.3 Å². The molecular formula is C41H39ClFN5O10. The molecule has 6 rings (SSSR count). The van der Waals surface area contributed by atoms with Crippen molar-refractivity contribution in [3.8, 4) is 17.2 Å². The van der Waals surface area contributed by atoms with Crippen molar-refractivity contribution < 1.29 is 52.8 Å². The highest BCUT2D eigenvalue weighted by molar-refractivity contribution is 6.31. The minimum Gasteiger partial charge on any atom is -0.507 e. The molecule has 1 fully saturated rings. The number of phenolic OH excluding ortho intramolecular Hbond substituents is 2. The summed E-state index contributed by atoms with van der Waals surface area (Å²) in [6.45, 7) is 2.15.